The van der Waals surface area contributed by atoms with Crippen LogP contribution in [-0.2, 0) is 4.74 Å². The zero-order valence-corrected chi connectivity index (χ0v) is 10.5. The van der Waals surface area contributed by atoms with Gasteiger partial charge in [-0.05, 0) is 11.6 Å². The fourth-order valence-electron chi connectivity index (χ4n) is 2.03. The van der Waals surface area contributed by atoms with E-state index < -0.39 is 5.79 Å². The molecule has 0 aromatic heterocycles. The van der Waals surface area contributed by atoms with E-state index in [2.05, 4.69) is 13.8 Å². The first-order chi connectivity index (χ1) is 7.97. The van der Waals surface area contributed by atoms with Gasteiger partial charge in [-0.25, -0.2) is 0 Å². The normalized spacial score (nSPS) is 26.7. The summed E-state index contributed by atoms with van der Waals surface area (Å²) in [7, 11) is 1.51. The lowest BCUT2D eigenvalue weighted by atomic mass is 9.80. The molecule has 0 unspecified atom stereocenters. The summed E-state index contributed by atoms with van der Waals surface area (Å²) in [5, 5.41) is 10.4. The molecule has 1 N–H and O–H groups in total. The average Bonchev–Trinajstić information content (AvgIpc) is 2.34. The molecule has 0 amide bonds. The lowest BCUT2D eigenvalue weighted by molar-refractivity contribution is -0.0989. The maximum Gasteiger partial charge on any atom is 0.212 e. The van der Waals surface area contributed by atoms with E-state index in [4.69, 9.17) is 4.74 Å². The topological polar surface area (TPSA) is 29.5 Å². The fourth-order valence-corrected chi connectivity index (χ4v) is 2.03. The summed E-state index contributed by atoms with van der Waals surface area (Å²) in [4.78, 5) is 0. The number of hydrogen-bond acceptors (Lipinski definition) is 2. The molecule has 2 rings (SSSR count). The predicted molar refractivity (Wildman–Crippen MR) is 69.3 cm³/mol. The van der Waals surface area contributed by atoms with Gasteiger partial charge in [-0.1, -0.05) is 56.3 Å². The summed E-state index contributed by atoms with van der Waals surface area (Å²) in [6.07, 6.45) is 5.73. The number of methoxy groups -OCH3 is 1. The van der Waals surface area contributed by atoms with Crippen LogP contribution in [0.1, 0.15) is 19.4 Å². The summed E-state index contributed by atoms with van der Waals surface area (Å²) in [6, 6.07) is 9.82. The van der Waals surface area contributed by atoms with Crippen LogP contribution in [0.25, 0.3) is 5.57 Å². The van der Waals surface area contributed by atoms with Gasteiger partial charge in [0.1, 0.15) is 0 Å². The Hall–Kier alpha value is -1.38. The van der Waals surface area contributed by atoms with E-state index in [0.717, 1.165) is 11.1 Å². The van der Waals surface area contributed by atoms with E-state index in [0.29, 0.717) is 0 Å². The molecule has 2 nitrogen and oxygen atoms in total. The fraction of sp³-hybridized carbons (Fsp3) is 0.333. The molecule has 0 bridgehead atoms. The molecule has 0 fully saturated rings. The second-order valence-corrected chi connectivity index (χ2v) is 4.98. The van der Waals surface area contributed by atoms with Gasteiger partial charge < -0.3 is 9.84 Å². The van der Waals surface area contributed by atoms with E-state index >= 15 is 0 Å². The number of benzene rings is 1. The quantitative estimate of drug-likeness (QED) is 0.625. The summed E-state index contributed by atoms with van der Waals surface area (Å²) in [5.74, 6) is -1.32. The number of rotatable bonds is 2. The molecule has 1 aliphatic carbocycles. The van der Waals surface area contributed by atoms with Gasteiger partial charge in [0.05, 0.1) is 0 Å². The lowest BCUT2D eigenvalue weighted by Crippen LogP contribution is -2.34. The van der Waals surface area contributed by atoms with Gasteiger partial charge in [-0.3, -0.25) is 0 Å². The third-order valence-electron chi connectivity index (χ3n) is 3.04. The van der Waals surface area contributed by atoms with Crippen LogP contribution < -0.4 is 0 Å². The molecule has 0 spiro atoms. The van der Waals surface area contributed by atoms with E-state index in [-0.39, 0.29) is 5.41 Å². The van der Waals surface area contributed by atoms with Gasteiger partial charge in [-0.2, -0.15) is 0 Å². The number of allylic oxidation sites excluding steroid dienone is 2. The van der Waals surface area contributed by atoms with Crippen LogP contribution in [0.3, 0.4) is 0 Å². The SMILES string of the molecule is CO[C@]1(O)C=CC(C)(C)C=C1c1ccccc1. The second kappa shape index (κ2) is 4.13. The van der Waals surface area contributed by atoms with Crippen molar-refractivity contribution >= 4 is 5.57 Å². The maximum atomic E-state index is 10.4. The van der Waals surface area contributed by atoms with Crippen LogP contribution in [-0.4, -0.2) is 18.0 Å². The first-order valence-electron chi connectivity index (χ1n) is 5.73. The van der Waals surface area contributed by atoms with Crippen LogP contribution in [0.5, 0.6) is 0 Å². The Balaban J connectivity index is 2.51. The van der Waals surface area contributed by atoms with Crippen LogP contribution in [0.2, 0.25) is 0 Å². The highest BCUT2D eigenvalue weighted by atomic mass is 16.6. The second-order valence-electron chi connectivity index (χ2n) is 4.98. The molecule has 1 aromatic carbocycles. The van der Waals surface area contributed by atoms with Gasteiger partial charge >= 0.3 is 0 Å². The van der Waals surface area contributed by atoms with Crippen LogP contribution in [0.15, 0.2) is 48.6 Å². The van der Waals surface area contributed by atoms with E-state index in [1.54, 1.807) is 6.08 Å². The molecule has 0 aliphatic heterocycles. The number of aliphatic hydroxyl groups is 1. The predicted octanol–water partition coefficient (Wildman–Crippen LogP) is 3.00. The lowest BCUT2D eigenvalue weighted by Gasteiger charge is -2.34. The zero-order chi connectivity index (χ0) is 12.5. The minimum atomic E-state index is -1.32. The molecular formula is C15H18O2. The molecule has 0 saturated heterocycles. The highest BCUT2D eigenvalue weighted by molar-refractivity contribution is 5.74. The van der Waals surface area contributed by atoms with E-state index in [9.17, 15) is 5.11 Å². The van der Waals surface area contributed by atoms with Crippen LogP contribution in [0.4, 0.5) is 0 Å². The molecule has 17 heavy (non-hydrogen) atoms. The van der Waals surface area contributed by atoms with Crippen molar-refractivity contribution in [3.05, 3.63) is 54.1 Å². The van der Waals surface area contributed by atoms with Crippen molar-refractivity contribution in [3.8, 4) is 0 Å². The monoisotopic (exact) mass is 230 g/mol. The highest BCUT2D eigenvalue weighted by Crippen LogP contribution is 2.38. The molecule has 0 radical (unpaired) electrons. The summed E-state index contributed by atoms with van der Waals surface area (Å²) in [5.41, 5.74) is 1.71. The molecule has 90 valence electrons. The highest BCUT2D eigenvalue weighted by Gasteiger charge is 2.35. The Labute approximate surface area is 102 Å². The van der Waals surface area contributed by atoms with E-state index in [1.807, 2.05) is 42.5 Å². The molecule has 1 atom stereocenters. The van der Waals surface area contributed by atoms with E-state index in [1.165, 1.54) is 7.11 Å². The van der Waals surface area contributed by atoms with Gasteiger partial charge in [-0.15, -0.1) is 0 Å². The Morgan fingerprint density at radius 2 is 1.71 bits per heavy atom. The van der Waals surface area contributed by atoms with Gasteiger partial charge in [0.25, 0.3) is 0 Å². The Morgan fingerprint density at radius 3 is 2.29 bits per heavy atom. The van der Waals surface area contributed by atoms with Gasteiger partial charge in [0.2, 0.25) is 5.79 Å². The number of hydrogen-bond donors (Lipinski definition) is 1. The molecule has 1 aromatic rings. The first kappa shape index (κ1) is 12.1. The van der Waals surface area contributed by atoms with Crippen molar-refractivity contribution in [2.45, 2.75) is 19.6 Å². The third kappa shape index (κ3) is 2.33. The minimum Gasteiger partial charge on any atom is -0.359 e. The molecule has 2 heteroatoms. The largest absolute Gasteiger partial charge is 0.359 e. The van der Waals surface area contributed by atoms with Crippen molar-refractivity contribution in [3.63, 3.8) is 0 Å². The summed E-state index contributed by atoms with van der Waals surface area (Å²) < 4.78 is 5.24. The van der Waals surface area contributed by atoms with Gasteiger partial charge in [0, 0.05) is 18.1 Å². The van der Waals surface area contributed by atoms with Crippen LogP contribution >= 0.6 is 0 Å². The zero-order valence-electron chi connectivity index (χ0n) is 10.5. The smallest absolute Gasteiger partial charge is 0.212 e. The average molecular weight is 230 g/mol. The third-order valence-corrected chi connectivity index (χ3v) is 3.04. The Morgan fingerprint density at radius 1 is 1.06 bits per heavy atom. The Kier molecular flexibility index (Phi) is 2.94. The molecule has 1 aliphatic rings. The van der Waals surface area contributed by atoms with Crippen molar-refractivity contribution in [2.75, 3.05) is 7.11 Å². The maximum absolute atomic E-state index is 10.4. The Bertz CT molecular complexity index is 457. The molecular weight excluding hydrogens is 212 g/mol. The van der Waals surface area contributed by atoms with Crippen molar-refractivity contribution in [1.82, 2.24) is 0 Å². The van der Waals surface area contributed by atoms with Crippen molar-refractivity contribution in [2.24, 2.45) is 5.41 Å². The van der Waals surface area contributed by atoms with Gasteiger partial charge in [0.15, 0.2) is 0 Å². The van der Waals surface area contributed by atoms with Crippen molar-refractivity contribution in [1.29, 1.82) is 0 Å². The molecule has 0 saturated carbocycles. The molecule has 0 heterocycles. The standard InChI is InChI=1S/C15H18O2/c1-14(2)9-10-15(16,17-3)13(11-14)12-7-5-4-6-8-12/h4-11,16H,1-3H3/t15-/m1/s1. The first-order valence-corrected chi connectivity index (χ1v) is 5.73. The van der Waals surface area contributed by atoms with Crippen molar-refractivity contribution < 1.29 is 9.84 Å². The minimum absolute atomic E-state index is 0.0735. The van der Waals surface area contributed by atoms with Crippen LogP contribution in [0, 0.1) is 5.41 Å². The summed E-state index contributed by atoms with van der Waals surface area (Å²) >= 11 is 0. The number of ether oxygens (including phenoxy) is 1. The summed E-state index contributed by atoms with van der Waals surface area (Å²) in [6.45, 7) is 4.20.